The van der Waals surface area contributed by atoms with Gasteiger partial charge in [-0.3, -0.25) is 14.5 Å². The molecule has 1 rings (SSSR count). The second kappa shape index (κ2) is 5.59. The topological polar surface area (TPSA) is 83.6 Å². The Morgan fingerprint density at radius 2 is 2.06 bits per heavy atom. The normalized spacial score (nSPS) is 22.0. The Kier molecular flexibility index (Phi) is 4.64. The smallest absolute Gasteiger partial charge is 0.246 e. The van der Waals surface area contributed by atoms with Crippen LogP contribution in [0.25, 0.3) is 0 Å². The number of carbonyl (C=O) groups is 2. The molecule has 0 aliphatic carbocycles. The molecule has 1 aliphatic heterocycles. The summed E-state index contributed by atoms with van der Waals surface area (Å²) in [5.41, 5.74) is 0. The summed E-state index contributed by atoms with van der Waals surface area (Å²) >= 11 is 0. The molecule has 1 fully saturated rings. The molecule has 1 atom stereocenters. The molecule has 1 aliphatic rings. The summed E-state index contributed by atoms with van der Waals surface area (Å²) in [4.78, 5) is 24.0. The molecule has 1 saturated heterocycles. The molecule has 0 radical (unpaired) electrons. The number of amides is 2. The van der Waals surface area contributed by atoms with Crippen molar-refractivity contribution in [1.29, 1.82) is 0 Å². The van der Waals surface area contributed by atoms with Crippen LogP contribution in [0, 0.1) is 0 Å². The number of nitrogens with zero attached hydrogens (tertiary/aromatic N) is 1. The molecule has 0 aromatic heterocycles. The van der Waals surface area contributed by atoms with Crippen molar-refractivity contribution < 1.29 is 18.0 Å². The van der Waals surface area contributed by atoms with E-state index in [1.807, 2.05) is 0 Å². The van der Waals surface area contributed by atoms with Crippen molar-refractivity contribution in [3.63, 3.8) is 0 Å². The lowest BCUT2D eigenvalue weighted by Gasteiger charge is -2.28. The number of imide groups is 1. The van der Waals surface area contributed by atoms with E-state index in [9.17, 15) is 18.0 Å². The second-order valence-electron chi connectivity index (χ2n) is 4.32. The predicted molar refractivity (Wildman–Crippen MR) is 63.1 cm³/mol. The molecule has 0 saturated carbocycles. The fourth-order valence-corrected chi connectivity index (χ4v) is 2.38. The lowest BCUT2D eigenvalue weighted by atomic mass is 10.0. The summed E-state index contributed by atoms with van der Waals surface area (Å²) < 4.78 is 21.8. The van der Waals surface area contributed by atoms with E-state index in [0.29, 0.717) is 25.8 Å². The van der Waals surface area contributed by atoms with Gasteiger partial charge in [0.2, 0.25) is 11.8 Å². The van der Waals surface area contributed by atoms with Crippen molar-refractivity contribution in [1.82, 2.24) is 10.2 Å². The van der Waals surface area contributed by atoms with Gasteiger partial charge in [-0.05, 0) is 19.4 Å². The Hall–Kier alpha value is -0.950. The lowest BCUT2D eigenvalue weighted by molar-refractivity contribution is -0.148. The van der Waals surface area contributed by atoms with Gasteiger partial charge < -0.3 is 5.32 Å². The number of hydrogen-bond acceptors (Lipinski definition) is 5. The first-order valence-corrected chi connectivity index (χ1v) is 7.59. The number of hydrogen-bond donors (Lipinski definition) is 1. The second-order valence-corrected chi connectivity index (χ2v) is 6.58. The fourth-order valence-electron chi connectivity index (χ4n) is 1.72. The van der Waals surface area contributed by atoms with E-state index in [-0.39, 0.29) is 23.6 Å². The third-order valence-corrected chi connectivity index (χ3v) is 3.76. The molecule has 17 heavy (non-hydrogen) atoms. The van der Waals surface area contributed by atoms with Crippen LogP contribution in [0.2, 0.25) is 0 Å². The maximum atomic E-state index is 11.7. The maximum Gasteiger partial charge on any atom is 0.246 e. The Morgan fingerprint density at radius 1 is 1.41 bits per heavy atom. The van der Waals surface area contributed by atoms with Crippen LogP contribution in [-0.4, -0.2) is 56.8 Å². The molecule has 1 unspecified atom stereocenters. The van der Waals surface area contributed by atoms with Crippen LogP contribution in [0.3, 0.4) is 0 Å². The largest absolute Gasteiger partial charge is 0.306 e. The highest BCUT2D eigenvalue weighted by molar-refractivity contribution is 7.90. The van der Waals surface area contributed by atoms with Crippen molar-refractivity contribution in [3.05, 3.63) is 0 Å². The van der Waals surface area contributed by atoms with E-state index in [1.54, 1.807) is 0 Å². The van der Waals surface area contributed by atoms with Crippen molar-refractivity contribution in [3.8, 4) is 0 Å². The highest BCUT2D eigenvalue weighted by Gasteiger charge is 2.30. The monoisotopic (exact) mass is 262 g/mol. The molecule has 6 nitrogen and oxygen atoms in total. The summed E-state index contributed by atoms with van der Waals surface area (Å²) in [6.45, 7) is 0.464. The molecular weight excluding hydrogens is 244 g/mol. The average molecular weight is 262 g/mol. The molecule has 2 amide bonds. The van der Waals surface area contributed by atoms with Crippen LogP contribution < -0.4 is 5.32 Å². The zero-order valence-electron chi connectivity index (χ0n) is 10.1. The van der Waals surface area contributed by atoms with E-state index >= 15 is 0 Å². The summed E-state index contributed by atoms with van der Waals surface area (Å²) in [5.74, 6) is -0.292. The minimum atomic E-state index is -2.95. The maximum absolute atomic E-state index is 11.7. The van der Waals surface area contributed by atoms with Gasteiger partial charge in [-0.25, -0.2) is 8.42 Å². The quantitative estimate of drug-likeness (QED) is 0.516. The average Bonchev–Trinajstić information content (AvgIpc) is 2.22. The molecule has 1 N–H and O–H groups in total. The van der Waals surface area contributed by atoms with Gasteiger partial charge in [-0.2, -0.15) is 0 Å². The Bertz CT molecular complexity index is 405. The minimum absolute atomic E-state index is 0.107. The summed E-state index contributed by atoms with van der Waals surface area (Å²) in [7, 11) is -1.48. The van der Waals surface area contributed by atoms with Gasteiger partial charge in [0.15, 0.2) is 0 Å². The SMILES string of the molecule is CN1C(=O)CCC(NCCCS(C)(=O)=O)C1=O. The number of nitrogens with one attached hydrogen (secondary N) is 1. The lowest BCUT2D eigenvalue weighted by Crippen LogP contribution is -2.51. The van der Waals surface area contributed by atoms with Crippen molar-refractivity contribution in [2.24, 2.45) is 0 Å². The summed E-state index contributed by atoms with van der Waals surface area (Å²) in [6.07, 6.45) is 2.50. The number of carbonyl (C=O) groups excluding carboxylic acids is 2. The highest BCUT2D eigenvalue weighted by atomic mass is 32.2. The van der Waals surface area contributed by atoms with Gasteiger partial charge >= 0.3 is 0 Å². The van der Waals surface area contributed by atoms with E-state index in [0.717, 1.165) is 4.90 Å². The summed E-state index contributed by atoms with van der Waals surface area (Å²) in [6, 6.07) is -0.364. The van der Waals surface area contributed by atoms with Crippen LogP contribution in [0.15, 0.2) is 0 Å². The van der Waals surface area contributed by atoms with Crippen LogP contribution >= 0.6 is 0 Å². The number of rotatable bonds is 5. The zero-order chi connectivity index (χ0) is 13.1. The predicted octanol–water partition coefficient (Wildman–Crippen LogP) is -0.842. The van der Waals surface area contributed by atoms with Crippen molar-refractivity contribution in [2.75, 3.05) is 25.6 Å². The van der Waals surface area contributed by atoms with Crippen LogP contribution in [0.1, 0.15) is 19.3 Å². The number of piperidine rings is 1. The molecule has 0 aromatic carbocycles. The van der Waals surface area contributed by atoms with Gasteiger partial charge in [0, 0.05) is 19.7 Å². The Balaban J connectivity index is 2.33. The number of sulfone groups is 1. The standard InChI is InChI=1S/C10H18N2O4S/c1-12-9(13)5-4-8(10(12)14)11-6-3-7-17(2,15)16/h8,11H,3-7H2,1-2H3. The molecule has 0 bridgehead atoms. The summed E-state index contributed by atoms with van der Waals surface area (Å²) in [5, 5.41) is 2.99. The molecule has 0 aromatic rings. The molecule has 0 spiro atoms. The van der Waals surface area contributed by atoms with E-state index < -0.39 is 9.84 Å². The first-order valence-electron chi connectivity index (χ1n) is 5.53. The third-order valence-electron chi connectivity index (χ3n) is 2.73. The highest BCUT2D eigenvalue weighted by Crippen LogP contribution is 2.11. The van der Waals surface area contributed by atoms with Crippen molar-refractivity contribution in [2.45, 2.75) is 25.3 Å². The van der Waals surface area contributed by atoms with E-state index in [2.05, 4.69) is 5.32 Å². The van der Waals surface area contributed by atoms with Gasteiger partial charge in [0.1, 0.15) is 9.84 Å². The first kappa shape index (κ1) is 14.1. The first-order chi connectivity index (χ1) is 7.81. The Labute approximate surface area is 101 Å². The minimum Gasteiger partial charge on any atom is -0.306 e. The van der Waals surface area contributed by atoms with Gasteiger partial charge in [0.25, 0.3) is 0 Å². The van der Waals surface area contributed by atoms with E-state index in [1.165, 1.54) is 13.3 Å². The van der Waals surface area contributed by atoms with Gasteiger partial charge in [0.05, 0.1) is 11.8 Å². The number of likely N-dealkylation sites (N-methyl/N-ethyl adjacent to an activating group) is 1. The van der Waals surface area contributed by atoms with E-state index in [4.69, 9.17) is 0 Å². The molecule has 98 valence electrons. The Morgan fingerprint density at radius 3 is 2.65 bits per heavy atom. The molecular formula is C10H18N2O4S. The number of likely N-dealkylation sites (tertiary alicyclic amines) is 1. The van der Waals surface area contributed by atoms with Crippen LogP contribution in [-0.2, 0) is 19.4 Å². The van der Waals surface area contributed by atoms with Crippen molar-refractivity contribution >= 4 is 21.7 Å². The van der Waals surface area contributed by atoms with Gasteiger partial charge in [-0.1, -0.05) is 0 Å². The van der Waals surface area contributed by atoms with Crippen LogP contribution in [0.5, 0.6) is 0 Å². The van der Waals surface area contributed by atoms with Gasteiger partial charge in [-0.15, -0.1) is 0 Å². The fraction of sp³-hybridized carbons (Fsp3) is 0.800. The third kappa shape index (κ3) is 4.43. The molecule has 7 heteroatoms. The molecule has 1 heterocycles. The zero-order valence-corrected chi connectivity index (χ0v) is 10.9. The van der Waals surface area contributed by atoms with Crippen LogP contribution in [0.4, 0.5) is 0 Å².